The maximum atomic E-state index is 5.41. The summed E-state index contributed by atoms with van der Waals surface area (Å²) < 4.78 is 9.09. The number of likely N-dealkylation sites (N-methyl/N-ethyl adjacent to an activating group) is 1. The average Bonchev–Trinajstić information content (AvgIpc) is 3.02. The van der Waals surface area contributed by atoms with E-state index in [4.69, 9.17) is 4.74 Å². The number of benzene rings is 1. The summed E-state index contributed by atoms with van der Waals surface area (Å²) in [5, 5.41) is 0. The van der Waals surface area contributed by atoms with Crippen molar-refractivity contribution in [2.24, 2.45) is 0 Å². The Balaban J connectivity index is 0.00000169. The first-order valence-corrected chi connectivity index (χ1v) is 13.3. The van der Waals surface area contributed by atoms with E-state index in [0.29, 0.717) is 11.5 Å². The number of methoxy groups -OCH3 is 1. The minimum atomic E-state index is -0.763. The van der Waals surface area contributed by atoms with E-state index in [9.17, 15) is 0 Å². The largest absolute Gasteiger partial charge is 1.00 e. The Morgan fingerprint density at radius 2 is 1.88 bits per heavy atom. The van der Waals surface area contributed by atoms with Gasteiger partial charge in [0.05, 0.1) is 0 Å². The second kappa shape index (κ2) is 9.02. The second-order valence-corrected chi connectivity index (χ2v) is 14.1. The van der Waals surface area contributed by atoms with Gasteiger partial charge in [-0.05, 0) is 0 Å². The van der Waals surface area contributed by atoms with Crippen LogP contribution < -0.4 is 34.5 Å². The third-order valence-electron chi connectivity index (χ3n) is 5.12. The SMILES string of the molecule is COc1ccc2c(c1)N(C)C1=C[CH]([Ti+2][N]([SiH](C)C)C(C)(C)C)CC12.[Cl-].[Cl-]. The Kier molecular flexibility index (Phi) is 8.35. The fourth-order valence-corrected chi connectivity index (χ4v) is 10.3. The molecule has 0 aromatic heterocycles. The van der Waals surface area contributed by atoms with E-state index in [2.05, 4.69) is 73.1 Å². The van der Waals surface area contributed by atoms with Crippen molar-refractivity contribution < 1.29 is 49.0 Å². The van der Waals surface area contributed by atoms with Gasteiger partial charge in [0.25, 0.3) is 0 Å². The average molecular weight is 449 g/mol. The molecule has 0 saturated heterocycles. The number of hydrogen-bond donors (Lipinski definition) is 0. The van der Waals surface area contributed by atoms with E-state index in [1.54, 1.807) is 7.11 Å². The Morgan fingerprint density at radius 3 is 2.42 bits per heavy atom. The zero-order valence-electron chi connectivity index (χ0n) is 16.8. The first-order valence-electron chi connectivity index (χ1n) is 8.91. The molecule has 3 nitrogen and oxygen atoms in total. The zero-order valence-corrected chi connectivity index (χ0v) is 21.0. The molecule has 0 fully saturated rings. The summed E-state index contributed by atoms with van der Waals surface area (Å²) in [5.74, 6) is 1.55. The van der Waals surface area contributed by atoms with Gasteiger partial charge in [-0.3, -0.25) is 0 Å². The molecule has 1 heterocycles. The van der Waals surface area contributed by atoms with Crippen LogP contribution >= 0.6 is 0 Å². The van der Waals surface area contributed by atoms with E-state index in [0.717, 1.165) is 9.97 Å². The fraction of sp³-hybridized carbons (Fsp3) is 0.579. The molecular weight excluding hydrogens is 419 g/mol. The maximum absolute atomic E-state index is 5.41. The molecule has 1 aromatic carbocycles. The van der Waals surface area contributed by atoms with Gasteiger partial charge in [0, 0.05) is 0 Å². The molecule has 0 bridgehead atoms. The van der Waals surface area contributed by atoms with Crippen LogP contribution in [0.25, 0.3) is 0 Å². The Morgan fingerprint density at radius 1 is 1.23 bits per heavy atom. The molecule has 0 N–H and O–H groups in total. The molecule has 1 aromatic rings. The van der Waals surface area contributed by atoms with Gasteiger partial charge < -0.3 is 24.8 Å². The van der Waals surface area contributed by atoms with Gasteiger partial charge in [-0.25, -0.2) is 0 Å². The van der Waals surface area contributed by atoms with Gasteiger partial charge in [-0.15, -0.1) is 0 Å². The summed E-state index contributed by atoms with van der Waals surface area (Å²) in [6.45, 7) is 12.1. The molecule has 0 saturated carbocycles. The predicted molar refractivity (Wildman–Crippen MR) is 101 cm³/mol. The topological polar surface area (TPSA) is 15.7 Å². The van der Waals surface area contributed by atoms with Crippen molar-refractivity contribution in [2.75, 3.05) is 19.1 Å². The van der Waals surface area contributed by atoms with Gasteiger partial charge in [0.1, 0.15) is 0 Å². The van der Waals surface area contributed by atoms with Gasteiger partial charge in [-0.2, -0.15) is 0 Å². The van der Waals surface area contributed by atoms with Crippen LogP contribution in [0, 0.1) is 0 Å². The summed E-state index contributed by atoms with van der Waals surface area (Å²) in [6, 6.07) is 6.57. The van der Waals surface area contributed by atoms with Crippen molar-refractivity contribution in [2.45, 2.75) is 56.0 Å². The fourth-order valence-electron chi connectivity index (χ4n) is 4.16. The third-order valence-corrected chi connectivity index (χ3v) is 12.6. The van der Waals surface area contributed by atoms with Crippen molar-refractivity contribution in [1.29, 1.82) is 0 Å². The van der Waals surface area contributed by atoms with Crippen molar-refractivity contribution in [3.05, 3.63) is 35.5 Å². The Hall–Kier alpha value is 0.0312. The summed E-state index contributed by atoms with van der Waals surface area (Å²) in [7, 11) is 3.20. The van der Waals surface area contributed by atoms with Crippen LogP contribution in [-0.2, 0) is 19.4 Å². The quantitative estimate of drug-likeness (QED) is 0.515. The summed E-state index contributed by atoms with van der Waals surface area (Å²) in [5.41, 5.74) is 4.66. The number of hydrogen-bond acceptors (Lipinski definition) is 3. The van der Waals surface area contributed by atoms with E-state index < -0.39 is 8.96 Å². The molecule has 7 heteroatoms. The van der Waals surface area contributed by atoms with Crippen LogP contribution in [0.1, 0.15) is 38.7 Å². The molecule has 3 rings (SSSR count). The van der Waals surface area contributed by atoms with Gasteiger partial charge in [0.2, 0.25) is 0 Å². The molecule has 144 valence electrons. The monoisotopic (exact) mass is 448 g/mol. The van der Waals surface area contributed by atoms with Crippen LogP contribution in [0.5, 0.6) is 5.75 Å². The number of nitrogens with zero attached hydrogens (tertiary/aromatic N) is 2. The maximum Gasteiger partial charge on any atom is -1.00 e. The van der Waals surface area contributed by atoms with Crippen LogP contribution in [0.2, 0.25) is 17.3 Å². The van der Waals surface area contributed by atoms with Gasteiger partial charge >= 0.3 is 158 Å². The number of halogens is 2. The second-order valence-electron chi connectivity index (χ2n) is 8.23. The van der Waals surface area contributed by atoms with Crippen LogP contribution in [0.15, 0.2) is 30.0 Å². The molecule has 0 radical (unpaired) electrons. The van der Waals surface area contributed by atoms with Crippen molar-refractivity contribution in [3.63, 3.8) is 0 Å². The molecule has 2 aliphatic rings. The molecule has 26 heavy (non-hydrogen) atoms. The standard InChI is InChI=1S/C13H14NO.C6H16NSi.2ClH.Ti/c1-14-12-5-3-4-10(12)11-7-6-9(15-2)8-13(11)14;1-6(2,3)7-8(4)5;;;/h3,5-8,10H,4H2,1-2H3;8H,1-5H3;2*1H;/q;-1;;;+3/p-2. The van der Waals surface area contributed by atoms with E-state index >= 15 is 0 Å². The molecule has 2 atom stereocenters. The van der Waals surface area contributed by atoms with Gasteiger partial charge in [-0.1, -0.05) is 0 Å². The predicted octanol–water partition coefficient (Wildman–Crippen LogP) is -1.61. The molecule has 0 amide bonds. The minimum Gasteiger partial charge on any atom is -1.00 e. The van der Waals surface area contributed by atoms with Crippen LogP contribution in [0.4, 0.5) is 5.69 Å². The zero-order chi connectivity index (χ0) is 17.6. The number of allylic oxidation sites excluding steroid dienone is 2. The van der Waals surface area contributed by atoms with Crippen molar-refractivity contribution in [1.82, 2.24) is 3.05 Å². The number of ether oxygens (including phenoxy) is 1. The Labute approximate surface area is 182 Å². The summed E-state index contributed by atoms with van der Waals surface area (Å²) in [4.78, 5) is 2.39. The smallest absolute Gasteiger partial charge is 1.00 e. The number of rotatable bonds is 4. The molecule has 2 unspecified atom stereocenters. The number of fused-ring (bicyclic) bond motifs is 3. The van der Waals surface area contributed by atoms with E-state index in [1.807, 2.05) is 0 Å². The molecule has 1 aliphatic heterocycles. The first-order chi connectivity index (χ1) is 11.2. The van der Waals surface area contributed by atoms with E-state index in [1.165, 1.54) is 23.4 Å². The summed E-state index contributed by atoms with van der Waals surface area (Å²) in [6.07, 6.45) is 3.89. The van der Waals surface area contributed by atoms with Crippen LogP contribution in [0.3, 0.4) is 0 Å². The molecular formula is C19H30Cl2N2OSiTi. The van der Waals surface area contributed by atoms with Crippen LogP contribution in [-0.4, -0.2) is 31.7 Å². The molecule has 0 spiro atoms. The third kappa shape index (κ3) is 4.53. The molecule has 1 aliphatic carbocycles. The minimum absolute atomic E-state index is 0. The first kappa shape index (κ1) is 24.1. The Bertz CT molecular complexity index is 663. The van der Waals surface area contributed by atoms with Crippen molar-refractivity contribution in [3.8, 4) is 5.75 Å². The van der Waals surface area contributed by atoms with Crippen molar-refractivity contribution >= 4 is 14.6 Å². The van der Waals surface area contributed by atoms with Gasteiger partial charge in [0.15, 0.2) is 0 Å². The normalized spacial score (nSPS) is 20.8. The number of anilines is 1. The van der Waals surface area contributed by atoms with E-state index in [-0.39, 0.29) is 44.2 Å². The summed E-state index contributed by atoms with van der Waals surface area (Å²) >= 11 is -0.111.